The number of rotatable bonds is 2. The number of benzene rings is 3. The maximum Gasteiger partial charge on any atom is 0.416 e. The summed E-state index contributed by atoms with van der Waals surface area (Å²) in [5, 5.41) is 0.570. The van der Waals surface area contributed by atoms with Gasteiger partial charge in [0.2, 0.25) is 5.69 Å². The minimum absolute atomic E-state index is 0.440. The molecule has 1 aliphatic rings. The highest BCUT2D eigenvalue weighted by atomic mass is 32.2. The Morgan fingerprint density at radius 2 is 1.56 bits per heavy atom. The highest BCUT2D eigenvalue weighted by Gasteiger charge is 2.31. The molecule has 36 heavy (non-hydrogen) atoms. The van der Waals surface area contributed by atoms with Crippen molar-refractivity contribution in [3.63, 3.8) is 0 Å². The van der Waals surface area contributed by atoms with Crippen LogP contribution in [0.15, 0.2) is 66.9 Å². The fourth-order valence-corrected chi connectivity index (χ4v) is 3.88. The molecule has 0 bridgehead atoms. The molecule has 0 spiro atoms. The lowest BCUT2D eigenvalue weighted by molar-refractivity contribution is -0.342. The van der Waals surface area contributed by atoms with E-state index < -0.39 is 33.5 Å². The van der Waals surface area contributed by atoms with Gasteiger partial charge >= 0.3 is 6.18 Å². The molecular formula is C25H17F5N2O3S. The third-order valence-corrected chi connectivity index (χ3v) is 5.33. The van der Waals surface area contributed by atoms with Crippen molar-refractivity contribution in [1.82, 2.24) is 4.98 Å². The smallest absolute Gasteiger partial charge is 0.416 e. The molecule has 0 atom stereocenters. The van der Waals surface area contributed by atoms with Crippen LogP contribution < -0.4 is 4.99 Å². The largest absolute Gasteiger partial charge is 0.748 e. The minimum atomic E-state index is -4.47. The molecule has 0 radical (unpaired) electrons. The predicted octanol–water partition coefficient (Wildman–Crippen LogP) is 4.38. The van der Waals surface area contributed by atoms with E-state index in [2.05, 4.69) is 9.98 Å². The van der Waals surface area contributed by atoms with Crippen molar-refractivity contribution in [3.05, 3.63) is 101 Å². The zero-order valence-electron chi connectivity index (χ0n) is 18.5. The molecular weight excluding hydrogens is 503 g/mol. The van der Waals surface area contributed by atoms with Gasteiger partial charge in [0.25, 0.3) is 0 Å². The molecule has 0 unspecified atom stereocenters. The summed E-state index contributed by atoms with van der Waals surface area (Å²) in [5.41, 5.74) is 3.38. The number of hydrogen-bond acceptors (Lipinski definition) is 3. The van der Waals surface area contributed by atoms with E-state index in [-0.39, 0.29) is 0 Å². The van der Waals surface area contributed by atoms with E-state index in [1.165, 1.54) is 36.4 Å². The van der Waals surface area contributed by atoms with Gasteiger partial charge in [-0.25, -0.2) is 22.2 Å². The molecule has 2 heterocycles. The zero-order valence-corrected chi connectivity index (χ0v) is 19.3. The zero-order chi connectivity index (χ0) is 26.3. The molecule has 0 amide bonds. The SMILES string of the molecule is CS(=O)(=O)[O-].Fc1ccc2c(c1)C(=C(c1ccc(C(F)(F)F)cc1)c1c[nH]c3ccc(F)cc13)C=[NH+]2. The van der Waals surface area contributed by atoms with E-state index in [0.717, 1.165) is 12.1 Å². The topological polar surface area (TPSA) is 87.0 Å². The van der Waals surface area contributed by atoms with Crippen LogP contribution in [0.1, 0.15) is 22.3 Å². The number of allylic oxidation sites excluding steroid dienone is 1. The van der Waals surface area contributed by atoms with Gasteiger partial charge in [0.15, 0.2) is 6.21 Å². The van der Waals surface area contributed by atoms with Crippen LogP contribution in [0.2, 0.25) is 0 Å². The van der Waals surface area contributed by atoms with Crippen molar-refractivity contribution >= 4 is 44.1 Å². The van der Waals surface area contributed by atoms with Gasteiger partial charge in [0.1, 0.15) is 11.6 Å². The van der Waals surface area contributed by atoms with Crippen LogP contribution in [0.5, 0.6) is 0 Å². The van der Waals surface area contributed by atoms with Crippen LogP contribution >= 0.6 is 0 Å². The number of aromatic nitrogens is 1. The molecule has 3 aromatic carbocycles. The first kappa shape index (κ1) is 25.3. The molecule has 0 saturated carbocycles. The molecule has 186 valence electrons. The van der Waals surface area contributed by atoms with Gasteiger partial charge in [-0.2, -0.15) is 13.2 Å². The lowest BCUT2D eigenvalue weighted by Crippen LogP contribution is -2.58. The normalized spacial score (nSPS) is 14.4. The van der Waals surface area contributed by atoms with Crippen LogP contribution in [-0.4, -0.2) is 30.4 Å². The lowest BCUT2D eigenvalue weighted by Gasteiger charge is -2.12. The molecule has 5 nitrogen and oxygen atoms in total. The summed E-state index contributed by atoms with van der Waals surface area (Å²) in [6.45, 7) is 0. The van der Waals surface area contributed by atoms with E-state index in [0.29, 0.717) is 50.7 Å². The van der Waals surface area contributed by atoms with E-state index >= 15 is 0 Å². The average molecular weight is 520 g/mol. The van der Waals surface area contributed by atoms with Crippen LogP contribution in [0.3, 0.4) is 0 Å². The standard InChI is InChI=1S/C24H13F5N2.CH4O3S/c25-15-5-7-21-17(9-15)19(11-30-21)23(13-1-3-14(4-2-13)24(27,28)29)20-12-31-22-8-6-16(26)10-18(20)22;1-5(2,3)4/h1-12,30H;1H3,(H,2,3,4). The molecule has 4 aromatic rings. The summed E-state index contributed by atoms with van der Waals surface area (Å²) < 4.78 is 94.4. The average Bonchev–Trinajstić information content (AvgIpc) is 3.37. The molecule has 11 heteroatoms. The number of hydrogen-bond donors (Lipinski definition) is 2. The van der Waals surface area contributed by atoms with Gasteiger partial charge in [0.05, 0.1) is 26.8 Å². The van der Waals surface area contributed by atoms with Crippen molar-refractivity contribution in [2.75, 3.05) is 6.26 Å². The summed E-state index contributed by atoms with van der Waals surface area (Å²) in [6.07, 6.45) is -0.510. The van der Waals surface area contributed by atoms with E-state index in [1.54, 1.807) is 24.5 Å². The number of fused-ring (bicyclic) bond motifs is 2. The monoisotopic (exact) mass is 520 g/mol. The van der Waals surface area contributed by atoms with Crippen molar-refractivity contribution in [2.45, 2.75) is 6.18 Å². The van der Waals surface area contributed by atoms with E-state index in [9.17, 15) is 22.0 Å². The first-order valence-electron chi connectivity index (χ1n) is 10.3. The molecule has 1 aliphatic heterocycles. The molecule has 5 rings (SSSR count). The summed E-state index contributed by atoms with van der Waals surface area (Å²) in [7, 11) is -3.92. The Bertz CT molecular complexity index is 1610. The van der Waals surface area contributed by atoms with Gasteiger partial charge in [0, 0.05) is 40.6 Å². The maximum atomic E-state index is 14.0. The van der Waals surface area contributed by atoms with Crippen molar-refractivity contribution in [2.24, 2.45) is 0 Å². The number of aromatic amines is 1. The highest BCUT2D eigenvalue weighted by molar-refractivity contribution is 7.84. The Kier molecular flexibility index (Phi) is 6.54. The number of H-pyrrole nitrogens is 1. The molecule has 1 aromatic heterocycles. The summed E-state index contributed by atoms with van der Waals surface area (Å²) in [4.78, 5) is 6.14. The molecule has 2 N–H and O–H groups in total. The summed E-state index contributed by atoms with van der Waals surface area (Å²) >= 11 is 0. The van der Waals surface area contributed by atoms with Crippen LogP contribution in [0.25, 0.3) is 22.0 Å². The maximum absolute atomic E-state index is 14.0. The highest BCUT2D eigenvalue weighted by Crippen LogP contribution is 2.39. The number of alkyl halides is 3. The van der Waals surface area contributed by atoms with Crippen LogP contribution in [0, 0.1) is 11.6 Å². The Morgan fingerprint density at radius 3 is 2.19 bits per heavy atom. The fraction of sp³-hybridized carbons (Fsp3) is 0.0800. The molecule has 0 aliphatic carbocycles. The molecule has 0 fully saturated rings. The first-order valence-corrected chi connectivity index (χ1v) is 12.1. The second kappa shape index (κ2) is 9.32. The third-order valence-electron chi connectivity index (χ3n) is 5.33. The minimum Gasteiger partial charge on any atom is -0.748 e. The first-order chi connectivity index (χ1) is 16.8. The Hall–Kier alpha value is -3.83. The fourth-order valence-electron chi connectivity index (χ4n) is 3.88. The van der Waals surface area contributed by atoms with Crippen LogP contribution in [-0.2, 0) is 16.3 Å². The number of nitrogens with one attached hydrogen (secondary N) is 2. The van der Waals surface area contributed by atoms with Crippen molar-refractivity contribution in [1.29, 1.82) is 0 Å². The lowest BCUT2D eigenvalue weighted by atomic mass is 9.89. The Labute approximate surface area is 202 Å². The van der Waals surface area contributed by atoms with E-state index in [1.807, 2.05) is 0 Å². The Morgan fingerprint density at radius 1 is 0.944 bits per heavy atom. The van der Waals surface area contributed by atoms with E-state index in [4.69, 9.17) is 13.0 Å². The number of halogens is 5. The summed E-state index contributed by atoms with van der Waals surface area (Å²) in [5.74, 6) is -0.879. The Balaban J connectivity index is 0.000000556. The summed E-state index contributed by atoms with van der Waals surface area (Å²) in [6, 6.07) is 13.3. The van der Waals surface area contributed by atoms with Gasteiger partial charge < -0.3 is 9.54 Å². The second-order valence-electron chi connectivity index (χ2n) is 7.94. The molecule has 0 saturated heterocycles. The van der Waals surface area contributed by atoms with Gasteiger partial charge in [-0.3, -0.25) is 0 Å². The second-order valence-corrected chi connectivity index (χ2v) is 9.35. The van der Waals surface area contributed by atoms with Crippen molar-refractivity contribution in [3.8, 4) is 0 Å². The quantitative estimate of drug-likeness (QED) is 0.304. The third kappa shape index (κ3) is 5.52. The van der Waals surface area contributed by atoms with Gasteiger partial charge in [-0.1, -0.05) is 12.1 Å². The van der Waals surface area contributed by atoms with Crippen molar-refractivity contribution < 1.29 is 39.9 Å². The van der Waals surface area contributed by atoms with Gasteiger partial charge in [-0.05, 0) is 48.0 Å². The van der Waals surface area contributed by atoms with Crippen LogP contribution in [0.4, 0.5) is 27.6 Å². The van der Waals surface area contributed by atoms with Gasteiger partial charge in [-0.15, -0.1) is 0 Å². The predicted molar refractivity (Wildman–Crippen MR) is 124 cm³/mol.